The van der Waals surface area contributed by atoms with Crippen molar-refractivity contribution in [3.8, 4) is 0 Å². The molecule has 4 nitrogen and oxygen atoms in total. The van der Waals surface area contributed by atoms with Crippen LogP contribution in [0.4, 0.5) is 17.2 Å². The number of rotatable bonds is 4. The standard InChI is InChI=1S/C14H13Cl2N3O/c1-2-13(20)18-9-6-7-12(17-8-9)19-14-10(15)4-3-5-11(14)16/h3-8H,2H2,1H3,(H,17,19)(H,18,20). The van der Waals surface area contributed by atoms with Gasteiger partial charge >= 0.3 is 0 Å². The van der Waals surface area contributed by atoms with Crippen molar-refractivity contribution in [2.24, 2.45) is 0 Å². The zero-order chi connectivity index (χ0) is 14.5. The summed E-state index contributed by atoms with van der Waals surface area (Å²) in [5, 5.41) is 6.80. The lowest BCUT2D eigenvalue weighted by Crippen LogP contribution is -2.09. The molecule has 1 amide bonds. The van der Waals surface area contributed by atoms with Crippen molar-refractivity contribution in [2.75, 3.05) is 10.6 Å². The van der Waals surface area contributed by atoms with Gasteiger partial charge < -0.3 is 10.6 Å². The summed E-state index contributed by atoms with van der Waals surface area (Å²) in [6, 6.07) is 8.75. The molecular weight excluding hydrogens is 297 g/mol. The molecule has 0 aliphatic carbocycles. The number of para-hydroxylation sites is 1. The Hall–Kier alpha value is -1.78. The number of hydrogen-bond donors (Lipinski definition) is 2. The predicted molar refractivity (Wildman–Crippen MR) is 82.9 cm³/mol. The van der Waals surface area contributed by atoms with Crippen molar-refractivity contribution in [3.05, 3.63) is 46.6 Å². The molecule has 0 unspecified atom stereocenters. The number of pyridine rings is 1. The van der Waals surface area contributed by atoms with Gasteiger partial charge in [0.1, 0.15) is 5.82 Å². The van der Waals surface area contributed by atoms with Crippen LogP contribution in [0.2, 0.25) is 10.0 Å². The van der Waals surface area contributed by atoms with Crippen LogP contribution in [0.25, 0.3) is 0 Å². The fourth-order valence-electron chi connectivity index (χ4n) is 1.54. The number of aromatic nitrogens is 1. The lowest BCUT2D eigenvalue weighted by Gasteiger charge is -2.10. The van der Waals surface area contributed by atoms with E-state index in [2.05, 4.69) is 15.6 Å². The summed E-state index contributed by atoms with van der Waals surface area (Å²) in [7, 11) is 0. The number of halogens is 2. The molecule has 0 saturated carbocycles. The van der Waals surface area contributed by atoms with Gasteiger partial charge in [-0.2, -0.15) is 0 Å². The largest absolute Gasteiger partial charge is 0.338 e. The average molecular weight is 310 g/mol. The minimum atomic E-state index is -0.0540. The van der Waals surface area contributed by atoms with Crippen LogP contribution in [-0.4, -0.2) is 10.9 Å². The third-order valence-corrected chi connectivity index (χ3v) is 3.21. The van der Waals surface area contributed by atoms with E-state index in [1.165, 1.54) is 0 Å². The number of carbonyl (C=O) groups excluding carboxylic acids is 1. The Bertz CT molecular complexity index is 594. The summed E-state index contributed by atoms with van der Waals surface area (Å²) in [6.45, 7) is 1.79. The molecule has 0 saturated heterocycles. The van der Waals surface area contributed by atoms with Crippen LogP contribution in [0, 0.1) is 0 Å². The second-order valence-electron chi connectivity index (χ2n) is 4.06. The van der Waals surface area contributed by atoms with E-state index < -0.39 is 0 Å². The second kappa shape index (κ2) is 6.59. The molecule has 2 N–H and O–H groups in total. The summed E-state index contributed by atoms with van der Waals surface area (Å²) in [5.74, 6) is 0.538. The summed E-state index contributed by atoms with van der Waals surface area (Å²) in [4.78, 5) is 15.5. The topological polar surface area (TPSA) is 54.0 Å². The Morgan fingerprint density at radius 2 is 1.90 bits per heavy atom. The van der Waals surface area contributed by atoms with Gasteiger partial charge in [-0.25, -0.2) is 4.98 Å². The number of nitrogens with one attached hydrogen (secondary N) is 2. The number of benzene rings is 1. The van der Waals surface area contributed by atoms with Gasteiger partial charge in [0, 0.05) is 6.42 Å². The van der Waals surface area contributed by atoms with Gasteiger partial charge in [-0.05, 0) is 24.3 Å². The quantitative estimate of drug-likeness (QED) is 0.875. The minimum absolute atomic E-state index is 0.0540. The number of hydrogen-bond acceptors (Lipinski definition) is 3. The van der Waals surface area contributed by atoms with Gasteiger partial charge in [0.15, 0.2) is 0 Å². The number of anilines is 3. The molecule has 20 heavy (non-hydrogen) atoms. The Morgan fingerprint density at radius 3 is 2.45 bits per heavy atom. The number of carbonyl (C=O) groups is 1. The Morgan fingerprint density at radius 1 is 1.20 bits per heavy atom. The van der Waals surface area contributed by atoms with E-state index in [0.717, 1.165) is 0 Å². The SMILES string of the molecule is CCC(=O)Nc1ccc(Nc2c(Cl)cccc2Cl)nc1. The van der Waals surface area contributed by atoms with Gasteiger partial charge in [0.2, 0.25) is 5.91 Å². The molecule has 0 fully saturated rings. The average Bonchev–Trinajstić information content (AvgIpc) is 2.44. The van der Waals surface area contributed by atoms with Gasteiger partial charge in [0.05, 0.1) is 27.6 Å². The van der Waals surface area contributed by atoms with Crippen LogP contribution in [0.3, 0.4) is 0 Å². The Kier molecular flexibility index (Phi) is 4.82. The van der Waals surface area contributed by atoms with Crippen LogP contribution < -0.4 is 10.6 Å². The van der Waals surface area contributed by atoms with Crippen LogP contribution in [0.15, 0.2) is 36.5 Å². The summed E-state index contributed by atoms with van der Waals surface area (Å²) in [6.07, 6.45) is 2.00. The molecule has 6 heteroatoms. The van der Waals surface area contributed by atoms with E-state index in [9.17, 15) is 4.79 Å². The smallest absolute Gasteiger partial charge is 0.224 e. The van der Waals surface area contributed by atoms with Crippen molar-refractivity contribution >= 4 is 46.3 Å². The molecule has 0 atom stereocenters. The highest BCUT2D eigenvalue weighted by molar-refractivity contribution is 6.39. The third kappa shape index (κ3) is 3.62. The minimum Gasteiger partial charge on any atom is -0.338 e. The maximum atomic E-state index is 11.3. The normalized spacial score (nSPS) is 10.2. The fraction of sp³-hybridized carbons (Fsp3) is 0.143. The van der Waals surface area contributed by atoms with Gasteiger partial charge in [0.25, 0.3) is 0 Å². The van der Waals surface area contributed by atoms with E-state index in [0.29, 0.717) is 33.7 Å². The molecule has 0 radical (unpaired) electrons. The highest BCUT2D eigenvalue weighted by Gasteiger charge is 2.06. The first-order chi connectivity index (χ1) is 9.60. The van der Waals surface area contributed by atoms with Gasteiger partial charge in [-0.1, -0.05) is 36.2 Å². The van der Waals surface area contributed by atoms with E-state index >= 15 is 0 Å². The summed E-state index contributed by atoms with van der Waals surface area (Å²) in [5.41, 5.74) is 1.25. The molecule has 2 aromatic rings. The monoisotopic (exact) mass is 309 g/mol. The van der Waals surface area contributed by atoms with Crippen LogP contribution >= 0.6 is 23.2 Å². The molecule has 104 valence electrons. The van der Waals surface area contributed by atoms with Crippen molar-refractivity contribution in [1.82, 2.24) is 4.98 Å². The molecule has 2 rings (SSSR count). The van der Waals surface area contributed by atoms with E-state index in [1.807, 2.05) is 0 Å². The lowest BCUT2D eigenvalue weighted by atomic mass is 10.3. The predicted octanol–water partition coefficient (Wildman–Crippen LogP) is 4.48. The highest BCUT2D eigenvalue weighted by atomic mass is 35.5. The van der Waals surface area contributed by atoms with Crippen molar-refractivity contribution in [1.29, 1.82) is 0 Å². The summed E-state index contributed by atoms with van der Waals surface area (Å²) < 4.78 is 0. The first kappa shape index (κ1) is 14.6. The molecule has 1 heterocycles. The number of nitrogens with zero attached hydrogens (tertiary/aromatic N) is 1. The third-order valence-electron chi connectivity index (χ3n) is 2.58. The van der Waals surface area contributed by atoms with Crippen molar-refractivity contribution in [3.63, 3.8) is 0 Å². The zero-order valence-corrected chi connectivity index (χ0v) is 12.3. The maximum Gasteiger partial charge on any atom is 0.224 e. The molecule has 0 aliphatic heterocycles. The van der Waals surface area contributed by atoms with Crippen LogP contribution in [-0.2, 0) is 4.79 Å². The van der Waals surface area contributed by atoms with E-state index in [-0.39, 0.29) is 5.91 Å². The highest BCUT2D eigenvalue weighted by Crippen LogP contribution is 2.32. The zero-order valence-electron chi connectivity index (χ0n) is 10.8. The molecule has 1 aromatic heterocycles. The summed E-state index contributed by atoms with van der Waals surface area (Å²) >= 11 is 12.1. The number of amides is 1. The fourth-order valence-corrected chi connectivity index (χ4v) is 2.03. The second-order valence-corrected chi connectivity index (χ2v) is 4.87. The first-order valence-electron chi connectivity index (χ1n) is 6.07. The Balaban J connectivity index is 2.13. The van der Waals surface area contributed by atoms with Crippen LogP contribution in [0.1, 0.15) is 13.3 Å². The molecule has 0 bridgehead atoms. The molecular formula is C14H13Cl2N3O. The molecule has 0 spiro atoms. The lowest BCUT2D eigenvalue weighted by molar-refractivity contribution is -0.115. The first-order valence-corrected chi connectivity index (χ1v) is 6.82. The van der Waals surface area contributed by atoms with Gasteiger partial charge in [-0.3, -0.25) is 4.79 Å². The van der Waals surface area contributed by atoms with Crippen molar-refractivity contribution < 1.29 is 4.79 Å². The Labute approximate surface area is 127 Å². The molecule has 1 aromatic carbocycles. The maximum absolute atomic E-state index is 11.3. The van der Waals surface area contributed by atoms with Crippen LogP contribution in [0.5, 0.6) is 0 Å². The van der Waals surface area contributed by atoms with Gasteiger partial charge in [-0.15, -0.1) is 0 Å². The van der Waals surface area contributed by atoms with E-state index in [4.69, 9.17) is 23.2 Å². The molecule has 0 aliphatic rings. The van der Waals surface area contributed by atoms with Crippen molar-refractivity contribution in [2.45, 2.75) is 13.3 Å². The van der Waals surface area contributed by atoms with E-state index in [1.54, 1.807) is 43.5 Å².